The Kier molecular flexibility index (Phi) is 6.66. The fourth-order valence-corrected chi connectivity index (χ4v) is 3.55. The Morgan fingerprint density at radius 2 is 1.82 bits per heavy atom. The molecule has 28 heavy (non-hydrogen) atoms. The third kappa shape index (κ3) is 4.89. The van der Waals surface area contributed by atoms with Crippen LogP contribution in [0.4, 0.5) is 11.4 Å². The maximum Gasteiger partial charge on any atom is 0.337 e. The van der Waals surface area contributed by atoms with Gasteiger partial charge < -0.3 is 19.9 Å². The number of carbonyl (C=O) groups excluding carboxylic acids is 2. The molecule has 1 amide bonds. The van der Waals surface area contributed by atoms with Crippen molar-refractivity contribution in [3.8, 4) is 0 Å². The number of benzene rings is 2. The summed E-state index contributed by atoms with van der Waals surface area (Å²) in [6.07, 6.45) is 0.288. The van der Waals surface area contributed by atoms with E-state index >= 15 is 0 Å². The Bertz CT molecular complexity index is 815. The molecule has 1 heterocycles. The number of piperazine rings is 1. The van der Waals surface area contributed by atoms with Crippen LogP contribution in [0.25, 0.3) is 0 Å². The largest absolute Gasteiger partial charge is 0.465 e. The number of carbonyl (C=O) groups is 2. The number of rotatable bonds is 6. The van der Waals surface area contributed by atoms with Crippen molar-refractivity contribution in [1.82, 2.24) is 0 Å². The monoisotopic (exact) mass is 382 g/mol. The molecular weight excluding hydrogens is 354 g/mol. The molecule has 148 valence electrons. The highest BCUT2D eigenvalue weighted by molar-refractivity contribution is 5.98. The van der Waals surface area contributed by atoms with E-state index in [2.05, 4.69) is 17.1 Å². The Morgan fingerprint density at radius 1 is 1.11 bits per heavy atom. The van der Waals surface area contributed by atoms with E-state index in [1.165, 1.54) is 7.11 Å². The van der Waals surface area contributed by atoms with Crippen LogP contribution in [0.15, 0.2) is 48.5 Å². The lowest BCUT2D eigenvalue weighted by Gasteiger charge is -2.34. The normalized spacial score (nSPS) is 14.6. The molecule has 2 aromatic rings. The molecule has 1 aliphatic rings. The molecule has 0 unspecified atom stereocenters. The maximum atomic E-state index is 12.6. The van der Waals surface area contributed by atoms with Crippen molar-refractivity contribution >= 4 is 23.3 Å². The van der Waals surface area contributed by atoms with E-state index in [0.29, 0.717) is 11.3 Å². The van der Waals surface area contributed by atoms with E-state index < -0.39 is 5.97 Å². The number of quaternary nitrogens is 1. The van der Waals surface area contributed by atoms with E-state index in [4.69, 9.17) is 4.74 Å². The summed E-state index contributed by atoms with van der Waals surface area (Å²) in [5.41, 5.74) is 2.98. The van der Waals surface area contributed by atoms with Crippen molar-refractivity contribution in [2.45, 2.75) is 13.3 Å². The summed E-state index contributed by atoms with van der Waals surface area (Å²) >= 11 is 0. The van der Waals surface area contributed by atoms with Crippen LogP contribution in [0.5, 0.6) is 0 Å². The summed E-state index contributed by atoms with van der Waals surface area (Å²) in [4.78, 5) is 28.4. The first-order chi connectivity index (χ1) is 13.6. The minimum Gasteiger partial charge on any atom is -0.465 e. The predicted octanol–water partition coefficient (Wildman–Crippen LogP) is 1.38. The van der Waals surface area contributed by atoms with Crippen molar-refractivity contribution in [2.75, 3.05) is 50.1 Å². The Morgan fingerprint density at radius 3 is 2.46 bits per heavy atom. The molecule has 0 bridgehead atoms. The van der Waals surface area contributed by atoms with Crippen LogP contribution in [0.3, 0.4) is 0 Å². The van der Waals surface area contributed by atoms with Gasteiger partial charge in [0.2, 0.25) is 5.91 Å². The lowest BCUT2D eigenvalue weighted by Crippen LogP contribution is -3.14. The summed E-state index contributed by atoms with van der Waals surface area (Å²) in [6.45, 7) is 7.28. The Hall–Kier alpha value is -2.86. The standard InChI is InChI=1S/C22H27N3O3/c1-3-24-11-13-25(14-12-24)20-10-9-18(22(27)28-2)16-19(20)23-21(26)15-17-7-5-4-6-8-17/h4-10,16H,3,11-15H2,1-2H3,(H,23,26)/p+1. The fraction of sp³-hybridized carbons (Fsp3) is 0.364. The van der Waals surface area contributed by atoms with Gasteiger partial charge in [-0.2, -0.15) is 0 Å². The Balaban J connectivity index is 1.81. The zero-order valence-corrected chi connectivity index (χ0v) is 16.5. The van der Waals surface area contributed by atoms with Gasteiger partial charge in [-0.25, -0.2) is 4.79 Å². The highest BCUT2D eigenvalue weighted by Crippen LogP contribution is 2.28. The van der Waals surface area contributed by atoms with Crippen LogP contribution < -0.4 is 15.1 Å². The quantitative estimate of drug-likeness (QED) is 0.741. The molecule has 0 aliphatic carbocycles. The number of amides is 1. The van der Waals surface area contributed by atoms with E-state index in [1.807, 2.05) is 36.4 Å². The number of nitrogens with one attached hydrogen (secondary N) is 2. The molecular formula is C22H28N3O3+. The number of hydrogen-bond acceptors (Lipinski definition) is 4. The topological polar surface area (TPSA) is 63.1 Å². The molecule has 0 radical (unpaired) electrons. The minimum absolute atomic E-state index is 0.104. The summed E-state index contributed by atoms with van der Waals surface area (Å²) < 4.78 is 4.84. The minimum atomic E-state index is -0.412. The molecule has 6 nitrogen and oxygen atoms in total. The van der Waals surface area contributed by atoms with Gasteiger partial charge in [-0.3, -0.25) is 4.79 Å². The van der Waals surface area contributed by atoms with Gasteiger partial charge in [0.05, 0.1) is 63.2 Å². The molecule has 6 heteroatoms. The number of likely N-dealkylation sites (N-methyl/N-ethyl adjacent to an activating group) is 1. The van der Waals surface area contributed by atoms with Gasteiger partial charge in [0.25, 0.3) is 0 Å². The van der Waals surface area contributed by atoms with Gasteiger partial charge in [0.15, 0.2) is 0 Å². The lowest BCUT2D eigenvalue weighted by molar-refractivity contribution is -0.898. The first-order valence-electron chi connectivity index (χ1n) is 9.75. The van der Waals surface area contributed by atoms with Crippen molar-refractivity contribution in [3.63, 3.8) is 0 Å². The third-order valence-electron chi connectivity index (χ3n) is 5.21. The molecule has 2 aromatic carbocycles. The Labute approximate surface area is 166 Å². The van der Waals surface area contributed by atoms with Gasteiger partial charge in [-0.1, -0.05) is 30.3 Å². The predicted molar refractivity (Wildman–Crippen MR) is 110 cm³/mol. The van der Waals surface area contributed by atoms with Crippen LogP contribution >= 0.6 is 0 Å². The second-order valence-electron chi connectivity index (χ2n) is 7.02. The molecule has 0 aromatic heterocycles. The average Bonchev–Trinajstić information content (AvgIpc) is 2.74. The number of ether oxygens (including phenoxy) is 1. The van der Waals surface area contributed by atoms with E-state index in [1.54, 1.807) is 17.0 Å². The fourth-order valence-electron chi connectivity index (χ4n) is 3.55. The maximum absolute atomic E-state index is 12.6. The molecule has 0 saturated carbocycles. The first-order valence-corrected chi connectivity index (χ1v) is 9.75. The van der Waals surface area contributed by atoms with Crippen LogP contribution in [0.1, 0.15) is 22.8 Å². The zero-order valence-electron chi connectivity index (χ0n) is 16.5. The molecule has 0 atom stereocenters. The number of nitrogens with zero attached hydrogens (tertiary/aromatic N) is 1. The smallest absolute Gasteiger partial charge is 0.337 e. The number of methoxy groups -OCH3 is 1. The third-order valence-corrected chi connectivity index (χ3v) is 5.21. The number of anilines is 2. The summed E-state index contributed by atoms with van der Waals surface area (Å²) in [7, 11) is 1.36. The van der Waals surface area contributed by atoms with Gasteiger partial charge >= 0.3 is 5.97 Å². The van der Waals surface area contributed by atoms with Gasteiger partial charge in [-0.15, -0.1) is 0 Å². The highest BCUT2D eigenvalue weighted by atomic mass is 16.5. The van der Waals surface area contributed by atoms with Gasteiger partial charge in [0.1, 0.15) is 0 Å². The van der Waals surface area contributed by atoms with E-state index in [-0.39, 0.29) is 12.3 Å². The molecule has 2 N–H and O–H groups in total. The van der Waals surface area contributed by atoms with Crippen molar-refractivity contribution in [3.05, 3.63) is 59.7 Å². The second-order valence-corrected chi connectivity index (χ2v) is 7.02. The summed E-state index contributed by atoms with van der Waals surface area (Å²) in [5.74, 6) is -0.516. The van der Waals surface area contributed by atoms with Crippen molar-refractivity contribution in [2.24, 2.45) is 0 Å². The zero-order chi connectivity index (χ0) is 19.9. The first kappa shape index (κ1) is 19.9. The van der Waals surface area contributed by atoms with Gasteiger partial charge in [0, 0.05) is 0 Å². The van der Waals surface area contributed by atoms with Gasteiger partial charge in [-0.05, 0) is 30.7 Å². The number of esters is 1. The average molecular weight is 382 g/mol. The highest BCUT2D eigenvalue weighted by Gasteiger charge is 2.22. The number of hydrogen-bond donors (Lipinski definition) is 2. The van der Waals surface area contributed by atoms with Crippen LogP contribution in [0, 0.1) is 0 Å². The van der Waals surface area contributed by atoms with Crippen molar-refractivity contribution < 1.29 is 19.2 Å². The summed E-state index contributed by atoms with van der Waals surface area (Å²) in [6, 6.07) is 15.0. The molecule has 1 saturated heterocycles. The SMILES string of the molecule is CC[NH+]1CCN(c2ccc(C(=O)OC)cc2NC(=O)Cc2ccccc2)CC1. The van der Waals surface area contributed by atoms with Crippen LogP contribution in [-0.2, 0) is 16.0 Å². The summed E-state index contributed by atoms with van der Waals surface area (Å²) in [5, 5.41) is 3.01. The molecule has 0 spiro atoms. The van der Waals surface area contributed by atoms with Crippen LogP contribution in [-0.4, -0.2) is 51.7 Å². The van der Waals surface area contributed by atoms with Crippen molar-refractivity contribution in [1.29, 1.82) is 0 Å². The molecule has 1 aliphatic heterocycles. The van der Waals surface area contributed by atoms with Crippen LogP contribution in [0.2, 0.25) is 0 Å². The molecule has 1 fully saturated rings. The lowest BCUT2D eigenvalue weighted by atomic mass is 10.1. The second kappa shape index (κ2) is 9.37. The van der Waals surface area contributed by atoms with E-state index in [9.17, 15) is 9.59 Å². The molecule has 3 rings (SSSR count). The van der Waals surface area contributed by atoms with E-state index in [0.717, 1.165) is 44.0 Å².